The lowest BCUT2D eigenvalue weighted by Crippen LogP contribution is -2.47. The standard InChI is InChI=1S/C14H18N2O4/c1-8-9(12(17)18)4-3-5-10(8)16-13(19)14(2)7-20-6-11(14)15/h3-5,11H,6-7,15H2,1-2H3,(H,16,19)(H,17,18). The first-order valence-corrected chi connectivity index (χ1v) is 6.34. The summed E-state index contributed by atoms with van der Waals surface area (Å²) < 4.78 is 5.24. The molecule has 1 saturated heterocycles. The Morgan fingerprint density at radius 3 is 2.75 bits per heavy atom. The number of amides is 1. The van der Waals surface area contributed by atoms with E-state index in [1.165, 1.54) is 6.07 Å². The van der Waals surface area contributed by atoms with Gasteiger partial charge in [0.1, 0.15) is 0 Å². The van der Waals surface area contributed by atoms with Crippen molar-refractivity contribution in [3.8, 4) is 0 Å². The minimum atomic E-state index is -1.02. The summed E-state index contributed by atoms with van der Waals surface area (Å²) >= 11 is 0. The second-order valence-electron chi connectivity index (χ2n) is 5.28. The highest BCUT2D eigenvalue weighted by Crippen LogP contribution is 2.29. The number of benzene rings is 1. The maximum Gasteiger partial charge on any atom is 0.336 e. The quantitative estimate of drug-likeness (QED) is 0.765. The molecule has 108 valence electrons. The van der Waals surface area contributed by atoms with Gasteiger partial charge in [0.15, 0.2) is 0 Å². The van der Waals surface area contributed by atoms with Gasteiger partial charge in [0.05, 0.1) is 24.2 Å². The maximum atomic E-state index is 12.4. The van der Waals surface area contributed by atoms with E-state index in [1.807, 2.05) is 0 Å². The number of carboxylic acid groups (broad SMARTS) is 1. The summed E-state index contributed by atoms with van der Waals surface area (Å²) in [6.45, 7) is 4.01. The molecule has 1 fully saturated rings. The molecule has 1 aromatic carbocycles. The molecular weight excluding hydrogens is 260 g/mol. The summed E-state index contributed by atoms with van der Waals surface area (Å²) in [5.74, 6) is -1.28. The summed E-state index contributed by atoms with van der Waals surface area (Å²) in [6.07, 6.45) is 0. The number of hydrogen-bond acceptors (Lipinski definition) is 4. The summed E-state index contributed by atoms with van der Waals surface area (Å²) in [6, 6.07) is 4.40. The fraction of sp³-hybridized carbons (Fsp3) is 0.429. The van der Waals surface area contributed by atoms with Crippen LogP contribution in [0.3, 0.4) is 0 Å². The molecule has 0 aliphatic carbocycles. The van der Waals surface area contributed by atoms with Gasteiger partial charge in [0.25, 0.3) is 0 Å². The average Bonchev–Trinajstić information content (AvgIpc) is 2.73. The van der Waals surface area contributed by atoms with Crippen molar-refractivity contribution in [3.05, 3.63) is 29.3 Å². The highest BCUT2D eigenvalue weighted by molar-refractivity contribution is 5.99. The van der Waals surface area contributed by atoms with E-state index < -0.39 is 11.4 Å². The summed E-state index contributed by atoms with van der Waals surface area (Å²) in [5, 5.41) is 11.8. The van der Waals surface area contributed by atoms with Crippen molar-refractivity contribution in [2.24, 2.45) is 11.1 Å². The third-order valence-corrected chi connectivity index (χ3v) is 3.85. The zero-order valence-electron chi connectivity index (χ0n) is 11.5. The lowest BCUT2D eigenvalue weighted by molar-refractivity contribution is -0.125. The van der Waals surface area contributed by atoms with Gasteiger partial charge in [-0.25, -0.2) is 4.79 Å². The van der Waals surface area contributed by atoms with E-state index in [0.717, 1.165) is 0 Å². The van der Waals surface area contributed by atoms with Crippen LogP contribution in [0.2, 0.25) is 0 Å². The van der Waals surface area contributed by atoms with Crippen LogP contribution in [-0.2, 0) is 9.53 Å². The minimum absolute atomic E-state index is 0.167. The number of aromatic carboxylic acids is 1. The Bertz CT molecular complexity index is 558. The van der Waals surface area contributed by atoms with E-state index in [1.54, 1.807) is 26.0 Å². The van der Waals surface area contributed by atoms with Gasteiger partial charge in [0.2, 0.25) is 5.91 Å². The smallest absolute Gasteiger partial charge is 0.336 e. The van der Waals surface area contributed by atoms with Gasteiger partial charge in [-0.3, -0.25) is 4.79 Å². The van der Waals surface area contributed by atoms with Gasteiger partial charge in [0, 0.05) is 11.7 Å². The van der Waals surface area contributed by atoms with E-state index in [0.29, 0.717) is 17.9 Å². The monoisotopic (exact) mass is 278 g/mol. The Morgan fingerprint density at radius 1 is 1.50 bits per heavy atom. The van der Waals surface area contributed by atoms with Crippen LogP contribution >= 0.6 is 0 Å². The van der Waals surface area contributed by atoms with Crippen LogP contribution in [0.15, 0.2) is 18.2 Å². The lowest BCUT2D eigenvalue weighted by atomic mass is 9.84. The second kappa shape index (κ2) is 5.22. The molecule has 2 atom stereocenters. The fourth-order valence-electron chi connectivity index (χ4n) is 2.19. The van der Waals surface area contributed by atoms with Gasteiger partial charge < -0.3 is 20.9 Å². The number of carbonyl (C=O) groups is 2. The Labute approximate surface area is 116 Å². The Balaban J connectivity index is 2.25. The van der Waals surface area contributed by atoms with Crippen LogP contribution in [0.4, 0.5) is 5.69 Å². The SMILES string of the molecule is Cc1c(NC(=O)C2(C)COCC2N)cccc1C(=O)O. The second-order valence-corrected chi connectivity index (χ2v) is 5.28. The third-order valence-electron chi connectivity index (χ3n) is 3.85. The fourth-order valence-corrected chi connectivity index (χ4v) is 2.19. The molecule has 4 N–H and O–H groups in total. The van der Waals surface area contributed by atoms with Gasteiger partial charge in [-0.2, -0.15) is 0 Å². The van der Waals surface area contributed by atoms with Gasteiger partial charge in [-0.15, -0.1) is 0 Å². The van der Waals surface area contributed by atoms with Gasteiger partial charge in [-0.05, 0) is 31.5 Å². The van der Waals surface area contributed by atoms with Crippen LogP contribution in [-0.4, -0.2) is 36.2 Å². The first-order chi connectivity index (χ1) is 9.36. The lowest BCUT2D eigenvalue weighted by Gasteiger charge is -2.26. The zero-order chi connectivity index (χ0) is 14.9. The van der Waals surface area contributed by atoms with Crippen molar-refractivity contribution in [3.63, 3.8) is 0 Å². The summed E-state index contributed by atoms with van der Waals surface area (Å²) in [5.41, 5.74) is 6.27. The van der Waals surface area contributed by atoms with Crippen LogP contribution in [0.5, 0.6) is 0 Å². The molecule has 2 rings (SSSR count). The van der Waals surface area contributed by atoms with E-state index in [9.17, 15) is 9.59 Å². The zero-order valence-corrected chi connectivity index (χ0v) is 11.5. The first-order valence-electron chi connectivity index (χ1n) is 6.34. The molecule has 0 spiro atoms. The predicted octanol–water partition coefficient (Wildman–Crippen LogP) is 0.996. The Kier molecular flexibility index (Phi) is 3.78. The average molecular weight is 278 g/mol. The number of hydrogen-bond donors (Lipinski definition) is 3. The molecule has 1 heterocycles. The molecule has 0 radical (unpaired) electrons. The van der Waals surface area contributed by atoms with Gasteiger partial charge >= 0.3 is 5.97 Å². The van der Waals surface area contributed by atoms with Crippen molar-refractivity contribution in [1.82, 2.24) is 0 Å². The van der Waals surface area contributed by atoms with Crippen LogP contribution < -0.4 is 11.1 Å². The number of rotatable bonds is 3. The molecule has 0 saturated carbocycles. The number of nitrogens with one attached hydrogen (secondary N) is 1. The van der Waals surface area contributed by atoms with E-state index in [2.05, 4.69) is 5.32 Å². The molecule has 1 amide bonds. The summed E-state index contributed by atoms with van der Waals surface area (Å²) in [4.78, 5) is 23.4. The van der Waals surface area contributed by atoms with Crippen LogP contribution in [0.1, 0.15) is 22.8 Å². The largest absolute Gasteiger partial charge is 0.478 e. The van der Waals surface area contributed by atoms with Crippen molar-refractivity contribution in [1.29, 1.82) is 0 Å². The minimum Gasteiger partial charge on any atom is -0.478 e. The molecule has 0 aromatic heterocycles. The van der Waals surface area contributed by atoms with Crippen LogP contribution in [0, 0.1) is 12.3 Å². The van der Waals surface area contributed by atoms with Crippen molar-refractivity contribution in [2.75, 3.05) is 18.5 Å². The van der Waals surface area contributed by atoms with Crippen molar-refractivity contribution < 1.29 is 19.4 Å². The molecular formula is C14H18N2O4. The van der Waals surface area contributed by atoms with E-state index in [4.69, 9.17) is 15.6 Å². The molecule has 2 unspecified atom stereocenters. The van der Waals surface area contributed by atoms with E-state index in [-0.39, 0.29) is 24.1 Å². The number of nitrogens with two attached hydrogens (primary N) is 1. The molecule has 0 bridgehead atoms. The molecule has 20 heavy (non-hydrogen) atoms. The van der Waals surface area contributed by atoms with Crippen molar-refractivity contribution in [2.45, 2.75) is 19.9 Å². The predicted molar refractivity (Wildman–Crippen MR) is 73.7 cm³/mol. The molecule has 1 aliphatic rings. The number of carboxylic acids is 1. The first kappa shape index (κ1) is 14.5. The molecule has 6 nitrogen and oxygen atoms in total. The molecule has 6 heteroatoms. The maximum absolute atomic E-state index is 12.4. The Hall–Kier alpha value is -1.92. The number of ether oxygens (including phenoxy) is 1. The van der Waals surface area contributed by atoms with E-state index >= 15 is 0 Å². The normalized spacial score (nSPS) is 25.4. The van der Waals surface area contributed by atoms with Crippen molar-refractivity contribution >= 4 is 17.6 Å². The molecule has 1 aliphatic heterocycles. The highest BCUT2D eigenvalue weighted by Gasteiger charge is 2.44. The number of anilines is 1. The highest BCUT2D eigenvalue weighted by atomic mass is 16.5. The molecule has 1 aromatic rings. The van der Waals surface area contributed by atoms with Crippen LogP contribution in [0.25, 0.3) is 0 Å². The summed E-state index contributed by atoms with van der Waals surface area (Å²) in [7, 11) is 0. The topological polar surface area (TPSA) is 102 Å². The van der Waals surface area contributed by atoms with Gasteiger partial charge in [-0.1, -0.05) is 6.07 Å². The number of carbonyl (C=O) groups excluding carboxylic acids is 1. The Morgan fingerprint density at radius 2 is 2.20 bits per heavy atom. The third kappa shape index (κ3) is 2.39.